The molecule has 0 aliphatic carbocycles. The fraction of sp³-hybridized carbons (Fsp3) is 0. The van der Waals surface area contributed by atoms with E-state index in [1.165, 1.54) is 0 Å². The maximum Gasteiger partial charge on any atom is 0.269 e. The smallest absolute Gasteiger partial charge is 0.269 e. The van der Waals surface area contributed by atoms with Crippen LogP contribution in [-0.4, -0.2) is 9.85 Å². The molecule has 0 bridgehead atoms. The van der Waals surface area contributed by atoms with Gasteiger partial charge in [-0.3, -0.25) is 26.0 Å². The van der Waals surface area contributed by atoms with Gasteiger partial charge in [0.2, 0.25) is 0 Å². The highest BCUT2D eigenvalue weighted by Gasteiger charge is 2.11. The Morgan fingerprint density at radius 2 is 1.75 bits per heavy atom. The highest BCUT2D eigenvalue weighted by atomic mass is 16.6. The van der Waals surface area contributed by atoms with Crippen LogP contribution in [0.2, 0.25) is 0 Å². The molecule has 3 N–H and O–H groups in total. The van der Waals surface area contributed by atoms with Crippen molar-refractivity contribution in [1.29, 1.82) is 0 Å². The molecule has 20 heavy (non-hydrogen) atoms. The maximum atomic E-state index is 10.8. The Labute approximate surface area is 112 Å². The van der Waals surface area contributed by atoms with Gasteiger partial charge in [-0.15, -0.1) is 0 Å². The van der Waals surface area contributed by atoms with E-state index in [0.717, 1.165) is 12.1 Å². The minimum absolute atomic E-state index is 0.449. The molecular weight excluding hydrogens is 268 g/mol. The number of H-pyrrole nitrogens is 1. The highest BCUT2D eigenvalue weighted by molar-refractivity contribution is 5.51. The van der Waals surface area contributed by atoms with Crippen molar-refractivity contribution in [1.82, 2.24) is 0 Å². The number of aromatic nitrogens is 1. The lowest BCUT2D eigenvalue weighted by molar-refractivity contribution is -0.401. The zero-order valence-electron chi connectivity index (χ0n) is 10.1. The van der Waals surface area contributed by atoms with Crippen molar-refractivity contribution >= 4 is 17.2 Å². The first kappa shape index (κ1) is 14.8. The second-order valence-electron chi connectivity index (χ2n) is 3.48. The van der Waals surface area contributed by atoms with Crippen LogP contribution in [0.15, 0.2) is 42.6 Å². The zero-order valence-corrected chi connectivity index (χ0v) is 10.1. The summed E-state index contributed by atoms with van der Waals surface area (Å²) in [5.41, 5.74) is 4.19. The topological polar surface area (TPSA) is 150 Å². The predicted octanol–water partition coefficient (Wildman–Crippen LogP) is 0.660. The van der Waals surface area contributed by atoms with Crippen molar-refractivity contribution in [2.75, 3.05) is 5.73 Å². The van der Waals surface area contributed by atoms with E-state index in [-0.39, 0.29) is 0 Å². The van der Waals surface area contributed by atoms with Crippen molar-refractivity contribution < 1.29 is 19.9 Å². The Balaban J connectivity index is 0.000000240. The third-order valence-electron chi connectivity index (χ3n) is 2.08. The monoisotopic (exact) mass is 278 g/mol. The third-order valence-corrected chi connectivity index (χ3v) is 2.08. The number of anilines is 1. The highest BCUT2D eigenvalue weighted by Crippen LogP contribution is 2.26. The Morgan fingerprint density at radius 1 is 1.05 bits per heavy atom. The molecule has 0 saturated heterocycles. The number of hydrogen-bond acceptors (Lipinski definition) is 6. The molecule has 1 aromatic heterocycles. The molecule has 2 aromatic rings. The second kappa shape index (κ2) is 6.64. The molecule has 1 aromatic carbocycles. The van der Waals surface area contributed by atoms with Crippen molar-refractivity contribution in [3.8, 4) is 5.75 Å². The Hall–Kier alpha value is -3.23. The first-order valence-corrected chi connectivity index (χ1v) is 5.24. The zero-order chi connectivity index (χ0) is 15.1. The number of nitro benzene ring substituents is 2. The van der Waals surface area contributed by atoms with Gasteiger partial charge in [-0.2, -0.15) is 0 Å². The van der Waals surface area contributed by atoms with Gasteiger partial charge in [0.25, 0.3) is 17.2 Å². The van der Waals surface area contributed by atoms with Gasteiger partial charge in [0.05, 0.1) is 16.0 Å². The van der Waals surface area contributed by atoms with Crippen LogP contribution in [0.25, 0.3) is 0 Å². The molecule has 0 aliphatic rings. The summed E-state index contributed by atoms with van der Waals surface area (Å²) in [5.74, 6) is -0.262. The lowest BCUT2D eigenvalue weighted by Crippen LogP contribution is -2.06. The number of nitro groups is 2. The number of non-ortho nitro benzene ring substituents is 1. The van der Waals surface area contributed by atoms with Crippen molar-refractivity contribution in [2.24, 2.45) is 0 Å². The van der Waals surface area contributed by atoms with E-state index in [2.05, 4.69) is 4.98 Å². The average molecular weight is 278 g/mol. The average Bonchev–Trinajstić information content (AvgIpc) is 2.39. The normalized spacial score (nSPS) is 9.20. The minimum Gasteiger partial charge on any atom is -0.868 e. The molecule has 0 atom stereocenters. The molecule has 0 saturated carbocycles. The van der Waals surface area contributed by atoms with E-state index >= 15 is 0 Å². The summed E-state index contributed by atoms with van der Waals surface area (Å²) in [6.45, 7) is 0. The largest absolute Gasteiger partial charge is 0.868 e. The van der Waals surface area contributed by atoms with Crippen LogP contribution in [0.5, 0.6) is 5.75 Å². The number of benzene rings is 1. The van der Waals surface area contributed by atoms with E-state index in [4.69, 9.17) is 5.73 Å². The number of nitrogens with one attached hydrogen (secondary N) is 1. The van der Waals surface area contributed by atoms with Crippen LogP contribution in [0.1, 0.15) is 0 Å². The quantitative estimate of drug-likeness (QED) is 0.629. The predicted molar refractivity (Wildman–Crippen MR) is 66.6 cm³/mol. The summed E-state index contributed by atoms with van der Waals surface area (Å²) in [5, 5.41) is 31.1. The van der Waals surface area contributed by atoms with Crippen LogP contribution in [0, 0.1) is 20.2 Å². The van der Waals surface area contributed by atoms with Gasteiger partial charge < -0.3 is 5.11 Å². The van der Waals surface area contributed by atoms with Crippen molar-refractivity contribution in [2.45, 2.75) is 0 Å². The van der Waals surface area contributed by atoms with Crippen LogP contribution >= 0.6 is 0 Å². The lowest BCUT2D eigenvalue weighted by Gasteiger charge is -2.04. The summed E-state index contributed by atoms with van der Waals surface area (Å²) in [6.07, 6.45) is 1.79. The standard InChI is InChI=1S/C6H4N2O5.C5H6N2/c9-6-3-4(7(10)11)1-2-5(6)8(12)13;6-5-3-1-2-4-7-5/h1-3,9H;1-4H,(H2,6,7). The first-order valence-electron chi connectivity index (χ1n) is 5.24. The number of pyridine rings is 1. The van der Waals surface area contributed by atoms with Gasteiger partial charge in [0, 0.05) is 24.3 Å². The molecule has 0 fully saturated rings. The van der Waals surface area contributed by atoms with Gasteiger partial charge >= 0.3 is 0 Å². The molecule has 0 spiro atoms. The summed E-state index contributed by atoms with van der Waals surface area (Å²) >= 11 is 0. The van der Waals surface area contributed by atoms with Crippen LogP contribution in [0.4, 0.5) is 17.2 Å². The van der Waals surface area contributed by atoms with Crippen molar-refractivity contribution in [3.63, 3.8) is 0 Å². The van der Waals surface area contributed by atoms with Gasteiger partial charge in [-0.1, -0.05) is 6.07 Å². The molecule has 104 valence electrons. The van der Waals surface area contributed by atoms with Crippen molar-refractivity contribution in [3.05, 3.63) is 62.8 Å². The molecule has 2 rings (SSSR count). The summed E-state index contributed by atoms with van der Waals surface area (Å²) in [6, 6.07) is 7.93. The molecule has 0 amide bonds. The summed E-state index contributed by atoms with van der Waals surface area (Å²) in [7, 11) is 0. The third kappa shape index (κ3) is 4.22. The second-order valence-corrected chi connectivity index (χ2v) is 3.48. The van der Waals surface area contributed by atoms with E-state index in [1.807, 2.05) is 12.1 Å². The molecule has 0 aliphatic heterocycles. The summed E-state index contributed by atoms with van der Waals surface area (Å²) < 4.78 is 0. The molecule has 0 radical (unpaired) electrons. The van der Waals surface area contributed by atoms with E-state index in [9.17, 15) is 25.3 Å². The molecule has 9 nitrogen and oxygen atoms in total. The Kier molecular flexibility index (Phi) is 4.92. The molecule has 0 unspecified atom stereocenters. The van der Waals surface area contributed by atoms with E-state index < -0.39 is 27.0 Å². The van der Waals surface area contributed by atoms with Crippen LogP contribution in [0.3, 0.4) is 0 Å². The van der Waals surface area contributed by atoms with E-state index in [0.29, 0.717) is 11.9 Å². The van der Waals surface area contributed by atoms with Crippen LogP contribution < -0.4 is 15.8 Å². The summed E-state index contributed by atoms with van der Waals surface area (Å²) in [4.78, 5) is 21.4. The van der Waals surface area contributed by atoms with E-state index in [1.54, 1.807) is 12.3 Å². The number of hydrogen-bond donors (Lipinski definition) is 1. The van der Waals surface area contributed by atoms with Gasteiger partial charge in [-0.05, 0) is 11.8 Å². The first-order chi connectivity index (χ1) is 9.41. The lowest BCUT2D eigenvalue weighted by atomic mass is 10.2. The SMILES string of the molecule is Nc1cccc[nH+]1.O=[N+]([O-])c1ccc([N+](=O)[O-])c([O-])c1. The molecule has 9 heteroatoms. The fourth-order valence-electron chi connectivity index (χ4n) is 1.17. The van der Waals surface area contributed by atoms with Crippen LogP contribution in [-0.2, 0) is 0 Å². The number of nitrogens with two attached hydrogens (primary N) is 1. The van der Waals surface area contributed by atoms with Gasteiger partial charge in [-0.25, -0.2) is 4.98 Å². The minimum atomic E-state index is -0.959. The fourth-order valence-corrected chi connectivity index (χ4v) is 1.17. The molecular formula is C11H10N4O5. The van der Waals surface area contributed by atoms with Gasteiger partial charge in [0.15, 0.2) is 0 Å². The molecule has 1 heterocycles. The Bertz CT molecular complexity index is 617. The number of aromatic amines is 1. The number of rotatable bonds is 2. The maximum absolute atomic E-state index is 10.8. The number of nitrogens with zero attached hydrogens (tertiary/aromatic N) is 2. The van der Waals surface area contributed by atoms with Gasteiger partial charge in [0.1, 0.15) is 0 Å². The Morgan fingerprint density at radius 3 is 2.10 bits per heavy atom. The number of nitrogen functional groups attached to an aromatic ring is 1.